The van der Waals surface area contributed by atoms with Gasteiger partial charge in [-0.1, -0.05) is 36.4 Å². The molecule has 0 unspecified atom stereocenters. The van der Waals surface area contributed by atoms with Crippen molar-refractivity contribution < 1.29 is 19.1 Å². The van der Waals surface area contributed by atoms with Gasteiger partial charge in [0.15, 0.2) is 14.7 Å². The standard InChI is InChI=1S/C28H23O4S/c1-2-31-28(30)27(29)21-13-15-22(16-14-21)32-23-17-19-26(20-18-23)33(24-9-5-3-6-10-24)25-11-7-4-8-12-25/h3-20H,2H2,1H3/q+1. The molecule has 164 valence electrons. The van der Waals surface area contributed by atoms with Gasteiger partial charge in [-0.3, -0.25) is 4.79 Å². The molecular formula is C28H23O4S+. The van der Waals surface area contributed by atoms with Crippen LogP contribution in [0.25, 0.3) is 0 Å². The van der Waals surface area contributed by atoms with E-state index < -0.39 is 11.8 Å². The number of ether oxygens (including phenoxy) is 2. The fourth-order valence-electron chi connectivity index (χ4n) is 3.29. The molecule has 0 aliphatic rings. The van der Waals surface area contributed by atoms with Crippen molar-refractivity contribution in [2.75, 3.05) is 6.61 Å². The molecule has 4 aromatic rings. The lowest BCUT2D eigenvalue weighted by molar-refractivity contribution is -0.137. The topological polar surface area (TPSA) is 52.6 Å². The molecule has 0 heterocycles. The second-order valence-electron chi connectivity index (χ2n) is 7.08. The zero-order chi connectivity index (χ0) is 23.0. The van der Waals surface area contributed by atoms with Crippen LogP contribution in [0.3, 0.4) is 0 Å². The van der Waals surface area contributed by atoms with Gasteiger partial charge in [-0.2, -0.15) is 0 Å². The summed E-state index contributed by atoms with van der Waals surface area (Å²) in [5, 5.41) is 0. The molecule has 0 N–H and O–H groups in total. The molecule has 33 heavy (non-hydrogen) atoms. The highest BCUT2D eigenvalue weighted by Crippen LogP contribution is 2.32. The van der Waals surface area contributed by atoms with Crippen molar-refractivity contribution >= 4 is 22.6 Å². The van der Waals surface area contributed by atoms with Crippen molar-refractivity contribution in [2.24, 2.45) is 0 Å². The Balaban J connectivity index is 1.52. The summed E-state index contributed by atoms with van der Waals surface area (Å²) in [5.74, 6) is -0.253. The van der Waals surface area contributed by atoms with Crippen LogP contribution in [0.2, 0.25) is 0 Å². The summed E-state index contributed by atoms with van der Waals surface area (Å²) in [4.78, 5) is 27.3. The first-order valence-electron chi connectivity index (χ1n) is 10.6. The van der Waals surface area contributed by atoms with Crippen molar-refractivity contribution in [1.82, 2.24) is 0 Å². The average molecular weight is 456 g/mol. The van der Waals surface area contributed by atoms with E-state index in [9.17, 15) is 9.59 Å². The van der Waals surface area contributed by atoms with Gasteiger partial charge in [-0.15, -0.1) is 0 Å². The fourth-order valence-corrected chi connectivity index (χ4v) is 5.37. The van der Waals surface area contributed by atoms with Crippen molar-refractivity contribution in [3.63, 3.8) is 0 Å². The maximum absolute atomic E-state index is 12.0. The number of rotatable bonds is 8. The first-order valence-corrected chi connectivity index (χ1v) is 11.8. The van der Waals surface area contributed by atoms with Gasteiger partial charge in [0.2, 0.25) is 0 Å². The molecule has 5 heteroatoms. The first-order chi connectivity index (χ1) is 16.2. The number of esters is 1. The quantitative estimate of drug-likeness (QED) is 0.135. The van der Waals surface area contributed by atoms with Crippen LogP contribution in [0.1, 0.15) is 17.3 Å². The normalized spacial score (nSPS) is 10.6. The predicted molar refractivity (Wildman–Crippen MR) is 129 cm³/mol. The van der Waals surface area contributed by atoms with Crippen molar-refractivity contribution in [3.05, 3.63) is 115 Å². The number of Topliss-reactive ketones (excluding diaryl/α,β-unsaturated/α-hetero) is 1. The fraction of sp³-hybridized carbons (Fsp3) is 0.0714. The van der Waals surface area contributed by atoms with Crippen molar-refractivity contribution in [3.8, 4) is 11.5 Å². The molecule has 0 spiro atoms. The van der Waals surface area contributed by atoms with Crippen LogP contribution in [0.5, 0.6) is 11.5 Å². The van der Waals surface area contributed by atoms with Gasteiger partial charge in [0, 0.05) is 5.56 Å². The van der Waals surface area contributed by atoms with E-state index in [1.807, 2.05) is 24.3 Å². The van der Waals surface area contributed by atoms with Gasteiger partial charge in [0.25, 0.3) is 5.78 Å². The maximum atomic E-state index is 12.0. The minimum atomic E-state index is -0.853. The highest BCUT2D eigenvalue weighted by atomic mass is 32.2. The van der Waals surface area contributed by atoms with Crippen LogP contribution < -0.4 is 4.74 Å². The third-order valence-corrected chi connectivity index (χ3v) is 7.06. The summed E-state index contributed by atoms with van der Waals surface area (Å²) in [7, 11) is -0.221. The van der Waals surface area contributed by atoms with Crippen molar-refractivity contribution in [1.29, 1.82) is 0 Å². The van der Waals surface area contributed by atoms with Gasteiger partial charge in [-0.05, 0) is 79.7 Å². The van der Waals surface area contributed by atoms with E-state index in [1.165, 1.54) is 14.7 Å². The van der Waals surface area contributed by atoms with E-state index >= 15 is 0 Å². The van der Waals surface area contributed by atoms with E-state index in [0.29, 0.717) is 11.5 Å². The maximum Gasteiger partial charge on any atom is 0.379 e. The summed E-state index contributed by atoms with van der Waals surface area (Å²) < 4.78 is 10.7. The van der Waals surface area contributed by atoms with Crippen molar-refractivity contribution in [2.45, 2.75) is 21.6 Å². The van der Waals surface area contributed by atoms with Gasteiger partial charge < -0.3 is 9.47 Å². The third kappa shape index (κ3) is 5.51. The Bertz CT molecular complexity index is 1170. The van der Waals surface area contributed by atoms with Gasteiger partial charge in [-0.25, -0.2) is 4.79 Å². The molecule has 0 saturated heterocycles. The molecule has 0 saturated carbocycles. The lowest BCUT2D eigenvalue weighted by Crippen LogP contribution is -2.17. The molecule has 0 aromatic heterocycles. The summed E-state index contributed by atoms with van der Waals surface area (Å²) in [6.45, 7) is 1.83. The van der Waals surface area contributed by atoms with E-state index in [2.05, 4.69) is 60.7 Å². The molecule has 0 aliphatic carbocycles. The minimum Gasteiger partial charge on any atom is -0.460 e. The molecule has 0 radical (unpaired) electrons. The number of hydrogen-bond donors (Lipinski definition) is 0. The highest BCUT2D eigenvalue weighted by molar-refractivity contribution is 7.97. The number of carbonyl (C=O) groups is 2. The van der Waals surface area contributed by atoms with Crippen LogP contribution in [-0.2, 0) is 20.4 Å². The largest absolute Gasteiger partial charge is 0.460 e. The van der Waals surface area contributed by atoms with Crippen LogP contribution in [0.15, 0.2) is 124 Å². The summed E-state index contributed by atoms with van der Waals surface area (Å²) in [6.07, 6.45) is 0. The van der Waals surface area contributed by atoms with E-state index in [1.54, 1.807) is 31.2 Å². The molecule has 0 bridgehead atoms. The lowest BCUT2D eigenvalue weighted by Gasteiger charge is -2.10. The summed E-state index contributed by atoms with van der Waals surface area (Å²) >= 11 is 0. The Kier molecular flexibility index (Phi) is 7.22. The number of ketones is 1. The van der Waals surface area contributed by atoms with Gasteiger partial charge >= 0.3 is 5.97 Å². The average Bonchev–Trinajstić information content (AvgIpc) is 2.87. The Morgan fingerprint density at radius 2 is 1.09 bits per heavy atom. The molecular weight excluding hydrogens is 432 g/mol. The Morgan fingerprint density at radius 3 is 1.58 bits per heavy atom. The zero-order valence-corrected chi connectivity index (χ0v) is 19.0. The van der Waals surface area contributed by atoms with Crippen LogP contribution in [0.4, 0.5) is 0 Å². The Morgan fingerprint density at radius 1 is 0.636 bits per heavy atom. The second kappa shape index (κ2) is 10.7. The SMILES string of the molecule is CCOC(=O)C(=O)c1ccc(Oc2ccc([S+](c3ccccc3)c3ccccc3)cc2)cc1. The molecule has 0 amide bonds. The van der Waals surface area contributed by atoms with Crippen LogP contribution in [0, 0.1) is 0 Å². The predicted octanol–water partition coefficient (Wildman–Crippen LogP) is 6.32. The molecule has 0 fully saturated rings. The molecule has 4 aromatic carbocycles. The first kappa shape index (κ1) is 22.4. The molecule has 4 rings (SSSR count). The second-order valence-corrected chi connectivity index (χ2v) is 9.11. The van der Waals surface area contributed by atoms with Crippen LogP contribution in [-0.4, -0.2) is 18.4 Å². The Labute approximate surface area is 196 Å². The smallest absolute Gasteiger partial charge is 0.379 e. The summed E-state index contributed by atoms with van der Waals surface area (Å²) in [5.41, 5.74) is 0.269. The van der Waals surface area contributed by atoms with E-state index in [-0.39, 0.29) is 23.1 Å². The molecule has 0 aliphatic heterocycles. The number of benzene rings is 4. The zero-order valence-electron chi connectivity index (χ0n) is 18.1. The molecule has 0 atom stereocenters. The van der Waals surface area contributed by atoms with E-state index in [4.69, 9.17) is 9.47 Å². The van der Waals surface area contributed by atoms with Crippen LogP contribution >= 0.6 is 0 Å². The summed E-state index contributed by atoms with van der Waals surface area (Å²) in [6, 6.07) is 35.4. The monoisotopic (exact) mass is 455 g/mol. The minimum absolute atomic E-state index is 0.164. The van der Waals surface area contributed by atoms with Gasteiger partial charge in [0.1, 0.15) is 11.5 Å². The van der Waals surface area contributed by atoms with E-state index in [0.717, 1.165) is 0 Å². The third-order valence-electron chi connectivity index (χ3n) is 4.83. The number of hydrogen-bond acceptors (Lipinski definition) is 4. The lowest BCUT2D eigenvalue weighted by atomic mass is 10.1. The molecule has 4 nitrogen and oxygen atoms in total. The Hall–Kier alpha value is -3.83. The highest BCUT2D eigenvalue weighted by Gasteiger charge is 2.28. The number of carbonyl (C=O) groups excluding carboxylic acids is 2. The van der Waals surface area contributed by atoms with Gasteiger partial charge in [0.05, 0.1) is 17.5 Å².